The number of halogens is 1. The number of nitrogens with one attached hydrogen (secondary N) is 1. The van der Waals surface area contributed by atoms with Gasteiger partial charge in [0, 0.05) is 25.2 Å². The Morgan fingerprint density at radius 2 is 1.89 bits per heavy atom. The zero-order chi connectivity index (χ0) is 19.3. The zero-order valence-corrected chi connectivity index (χ0v) is 15.0. The molecule has 7 nitrogen and oxygen atoms in total. The number of carbonyl (C=O) groups is 1. The van der Waals surface area contributed by atoms with Gasteiger partial charge in [-0.2, -0.15) is 0 Å². The summed E-state index contributed by atoms with van der Waals surface area (Å²) < 4.78 is 19.0. The third-order valence-corrected chi connectivity index (χ3v) is 4.50. The topological polar surface area (TPSA) is 80.2 Å². The lowest BCUT2D eigenvalue weighted by molar-refractivity contribution is 0.222. The van der Waals surface area contributed by atoms with Gasteiger partial charge in [0.05, 0.1) is 18.6 Å². The van der Waals surface area contributed by atoms with E-state index in [1.165, 1.54) is 24.7 Å². The molecule has 2 amide bonds. The third-order valence-electron chi connectivity index (χ3n) is 4.50. The smallest absolute Gasteiger partial charge is 0.324 e. The molecule has 1 N–H and O–H groups in total. The summed E-state index contributed by atoms with van der Waals surface area (Å²) >= 11 is 0. The minimum Gasteiger partial charge on any atom is -0.454 e. The molecule has 1 atom stereocenters. The second-order valence-corrected chi connectivity index (χ2v) is 6.46. The number of amides is 2. The number of urea groups is 1. The van der Waals surface area contributed by atoms with Gasteiger partial charge in [-0.05, 0) is 30.2 Å². The van der Waals surface area contributed by atoms with Crippen molar-refractivity contribution in [3.8, 4) is 11.5 Å². The Kier molecular flexibility index (Phi) is 5.09. The predicted octanol–water partition coefficient (Wildman–Crippen LogP) is 3.82. The molecular formula is C20H18FN5O2. The highest BCUT2D eigenvalue weighted by atomic mass is 19.1. The van der Waals surface area contributed by atoms with Crippen molar-refractivity contribution in [3.63, 3.8) is 0 Å². The molecule has 3 heterocycles. The lowest BCUT2D eigenvalue weighted by Crippen LogP contribution is -2.33. The Hall–Kier alpha value is -3.55. The van der Waals surface area contributed by atoms with Crippen LogP contribution in [0.15, 0.2) is 61.2 Å². The number of hydrogen-bond acceptors (Lipinski definition) is 5. The molecule has 3 aromatic rings. The fraction of sp³-hybridized carbons (Fsp3) is 0.200. The highest BCUT2D eigenvalue weighted by Crippen LogP contribution is 2.27. The number of anilines is 1. The summed E-state index contributed by atoms with van der Waals surface area (Å²) in [6.07, 6.45) is 6.57. The van der Waals surface area contributed by atoms with Gasteiger partial charge < -0.3 is 9.64 Å². The number of likely N-dealkylation sites (tertiary alicyclic amines) is 1. The summed E-state index contributed by atoms with van der Waals surface area (Å²) in [5.41, 5.74) is 0.800. The van der Waals surface area contributed by atoms with E-state index in [0.29, 0.717) is 24.6 Å². The largest absolute Gasteiger partial charge is 0.454 e. The Balaban J connectivity index is 1.34. The van der Waals surface area contributed by atoms with Crippen LogP contribution in [-0.4, -0.2) is 39.0 Å². The van der Waals surface area contributed by atoms with E-state index in [2.05, 4.69) is 20.3 Å². The first-order chi connectivity index (χ1) is 13.7. The molecule has 1 saturated heterocycles. The number of hydrogen-bond donors (Lipinski definition) is 1. The second kappa shape index (κ2) is 7.99. The van der Waals surface area contributed by atoms with Gasteiger partial charge in [-0.15, -0.1) is 0 Å². The number of aromatic nitrogens is 3. The van der Waals surface area contributed by atoms with Gasteiger partial charge in [0.2, 0.25) is 5.95 Å². The van der Waals surface area contributed by atoms with E-state index in [1.807, 2.05) is 30.3 Å². The summed E-state index contributed by atoms with van der Waals surface area (Å²) in [6, 6.07) is 10.5. The molecule has 0 radical (unpaired) electrons. The standard InChI is InChI=1S/C20H18FN5O2/c21-16-8-15(9-22-10-16)14-6-7-26(13-14)20(27)25-19-23-11-18(12-24-19)28-17-4-2-1-3-5-17/h1-5,8-12,14H,6-7,13H2,(H,23,24,25,27). The molecule has 28 heavy (non-hydrogen) atoms. The lowest BCUT2D eigenvalue weighted by Gasteiger charge is -2.16. The monoisotopic (exact) mass is 379 g/mol. The van der Waals surface area contributed by atoms with Gasteiger partial charge in [-0.1, -0.05) is 18.2 Å². The van der Waals surface area contributed by atoms with Crippen molar-refractivity contribution in [1.29, 1.82) is 0 Å². The Morgan fingerprint density at radius 1 is 1.11 bits per heavy atom. The SMILES string of the molecule is O=C(Nc1ncc(Oc2ccccc2)cn1)N1CCC(c2cncc(F)c2)C1. The minimum absolute atomic E-state index is 0.0662. The molecule has 0 aliphatic carbocycles. The number of carbonyl (C=O) groups excluding carboxylic acids is 1. The van der Waals surface area contributed by atoms with E-state index < -0.39 is 0 Å². The van der Waals surface area contributed by atoms with Crippen LogP contribution in [0, 0.1) is 5.82 Å². The molecule has 0 spiro atoms. The molecule has 1 fully saturated rings. The number of ether oxygens (including phenoxy) is 1. The van der Waals surface area contributed by atoms with Crippen LogP contribution in [0.5, 0.6) is 11.5 Å². The van der Waals surface area contributed by atoms with E-state index in [4.69, 9.17) is 4.74 Å². The average Bonchev–Trinajstić information content (AvgIpc) is 3.21. The van der Waals surface area contributed by atoms with Crippen LogP contribution < -0.4 is 10.1 Å². The first kappa shape index (κ1) is 17.8. The average molecular weight is 379 g/mol. The molecule has 0 bridgehead atoms. The van der Waals surface area contributed by atoms with E-state index in [-0.39, 0.29) is 23.7 Å². The van der Waals surface area contributed by atoms with E-state index in [1.54, 1.807) is 11.1 Å². The minimum atomic E-state index is -0.369. The number of benzene rings is 1. The second-order valence-electron chi connectivity index (χ2n) is 6.46. The van der Waals surface area contributed by atoms with Gasteiger partial charge in [-0.3, -0.25) is 10.3 Å². The quantitative estimate of drug-likeness (QED) is 0.745. The van der Waals surface area contributed by atoms with Crippen LogP contribution in [0.4, 0.5) is 15.1 Å². The lowest BCUT2D eigenvalue weighted by atomic mass is 10.0. The molecule has 4 rings (SSSR count). The molecule has 8 heteroatoms. The van der Waals surface area contributed by atoms with Crippen LogP contribution in [0.1, 0.15) is 17.9 Å². The Bertz CT molecular complexity index is 952. The first-order valence-electron chi connectivity index (χ1n) is 8.89. The summed E-state index contributed by atoms with van der Waals surface area (Å²) in [4.78, 5) is 26.2. The van der Waals surface area contributed by atoms with Crippen LogP contribution in [0.3, 0.4) is 0 Å². The van der Waals surface area contributed by atoms with E-state index in [0.717, 1.165) is 12.0 Å². The Morgan fingerprint density at radius 3 is 2.64 bits per heavy atom. The van der Waals surface area contributed by atoms with Crippen molar-refractivity contribution in [2.24, 2.45) is 0 Å². The first-order valence-corrected chi connectivity index (χ1v) is 8.89. The third kappa shape index (κ3) is 4.22. The van der Waals surface area contributed by atoms with Gasteiger partial charge >= 0.3 is 6.03 Å². The maximum atomic E-state index is 13.4. The van der Waals surface area contributed by atoms with Crippen molar-refractivity contribution < 1.29 is 13.9 Å². The van der Waals surface area contributed by atoms with Crippen molar-refractivity contribution in [2.75, 3.05) is 18.4 Å². The normalized spacial score (nSPS) is 16.0. The predicted molar refractivity (Wildman–Crippen MR) is 101 cm³/mol. The van der Waals surface area contributed by atoms with Crippen LogP contribution in [-0.2, 0) is 0 Å². The zero-order valence-electron chi connectivity index (χ0n) is 15.0. The fourth-order valence-electron chi connectivity index (χ4n) is 3.10. The highest BCUT2D eigenvalue weighted by Gasteiger charge is 2.28. The van der Waals surface area contributed by atoms with Gasteiger partial charge in [0.15, 0.2) is 5.75 Å². The number of rotatable bonds is 4. The number of para-hydroxylation sites is 1. The number of pyridine rings is 1. The maximum absolute atomic E-state index is 13.4. The van der Waals surface area contributed by atoms with Crippen molar-refractivity contribution in [3.05, 3.63) is 72.6 Å². The summed E-state index contributed by atoms with van der Waals surface area (Å²) in [5.74, 6) is 1.05. The molecule has 142 valence electrons. The molecule has 1 unspecified atom stereocenters. The van der Waals surface area contributed by atoms with Crippen molar-refractivity contribution >= 4 is 12.0 Å². The van der Waals surface area contributed by atoms with Gasteiger partial charge in [0.25, 0.3) is 0 Å². The Labute approximate surface area is 161 Å². The highest BCUT2D eigenvalue weighted by molar-refractivity contribution is 5.87. The van der Waals surface area contributed by atoms with Crippen LogP contribution >= 0.6 is 0 Å². The maximum Gasteiger partial charge on any atom is 0.324 e. The summed E-state index contributed by atoms with van der Waals surface area (Å²) in [5, 5.41) is 2.68. The van der Waals surface area contributed by atoms with Crippen molar-refractivity contribution in [1.82, 2.24) is 19.9 Å². The fourth-order valence-corrected chi connectivity index (χ4v) is 3.10. The van der Waals surface area contributed by atoms with Gasteiger partial charge in [-0.25, -0.2) is 19.2 Å². The van der Waals surface area contributed by atoms with Crippen LogP contribution in [0.25, 0.3) is 0 Å². The molecular weight excluding hydrogens is 361 g/mol. The summed E-state index contributed by atoms with van der Waals surface area (Å²) in [6.45, 7) is 1.06. The van der Waals surface area contributed by atoms with Gasteiger partial charge in [0.1, 0.15) is 11.6 Å². The van der Waals surface area contributed by atoms with Crippen LogP contribution in [0.2, 0.25) is 0 Å². The molecule has 2 aromatic heterocycles. The molecule has 0 saturated carbocycles. The number of nitrogens with zero attached hydrogens (tertiary/aromatic N) is 4. The van der Waals surface area contributed by atoms with E-state index in [9.17, 15) is 9.18 Å². The van der Waals surface area contributed by atoms with Crippen molar-refractivity contribution in [2.45, 2.75) is 12.3 Å². The summed E-state index contributed by atoms with van der Waals surface area (Å²) in [7, 11) is 0. The van der Waals surface area contributed by atoms with E-state index >= 15 is 0 Å². The molecule has 1 aliphatic heterocycles. The molecule has 1 aromatic carbocycles. The molecule has 1 aliphatic rings.